The molecule has 0 amide bonds. The number of alkyl halides is 6. The predicted molar refractivity (Wildman–Crippen MR) is 63.0 cm³/mol. The van der Waals surface area contributed by atoms with Crippen molar-refractivity contribution in [3.05, 3.63) is 0 Å². The van der Waals surface area contributed by atoms with Crippen molar-refractivity contribution in [1.29, 1.82) is 0 Å². The molecule has 2 atom stereocenters. The first kappa shape index (κ1) is 19.7. The SMILES string of the molecule is FC(F)(COCC1CO1)OC(F)(F)C(F)(F)OCCOCC1CO1. The zero-order chi connectivity index (χ0) is 17.8. The fraction of sp³-hybridized carbons (Fsp3) is 1.00. The standard InChI is InChI=1S/C12H16F6O6/c13-10(14,7-20-4-9-6-22-9)24-12(17,18)11(15,16)23-2-1-19-3-8-5-21-8/h8-9H,1-7H2. The van der Waals surface area contributed by atoms with E-state index in [0.717, 1.165) is 0 Å². The molecule has 0 radical (unpaired) electrons. The van der Waals surface area contributed by atoms with Crippen molar-refractivity contribution in [3.8, 4) is 0 Å². The van der Waals surface area contributed by atoms with Crippen molar-refractivity contribution in [3.63, 3.8) is 0 Å². The summed E-state index contributed by atoms with van der Waals surface area (Å²) >= 11 is 0. The van der Waals surface area contributed by atoms with Crippen LogP contribution in [0.15, 0.2) is 0 Å². The number of hydrogen-bond acceptors (Lipinski definition) is 6. The third-order valence-corrected chi connectivity index (χ3v) is 2.81. The van der Waals surface area contributed by atoms with E-state index in [2.05, 4.69) is 18.9 Å². The summed E-state index contributed by atoms with van der Waals surface area (Å²) in [4.78, 5) is 0. The maximum absolute atomic E-state index is 13.2. The van der Waals surface area contributed by atoms with Crippen LogP contribution in [0.25, 0.3) is 0 Å². The summed E-state index contributed by atoms with van der Waals surface area (Å²) < 4.78 is 104. The monoisotopic (exact) mass is 370 g/mol. The van der Waals surface area contributed by atoms with Gasteiger partial charge in [0.1, 0.15) is 18.8 Å². The minimum absolute atomic E-state index is 0.0991. The zero-order valence-corrected chi connectivity index (χ0v) is 12.3. The Bertz CT molecular complexity index is 401. The fourth-order valence-corrected chi connectivity index (χ4v) is 1.44. The van der Waals surface area contributed by atoms with E-state index in [1.165, 1.54) is 0 Å². The molecule has 0 aromatic heterocycles. The van der Waals surface area contributed by atoms with E-state index < -0.39 is 44.3 Å². The van der Waals surface area contributed by atoms with Crippen LogP contribution in [0.5, 0.6) is 0 Å². The van der Waals surface area contributed by atoms with Crippen LogP contribution in [-0.4, -0.2) is 76.8 Å². The van der Waals surface area contributed by atoms with Gasteiger partial charge in [-0.05, 0) is 0 Å². The Morgan fingerprint density at radius 2 is 1.33 bits per heavy atom. The van der Waals surface area contributed by atoms with E-state index in [0.29, 0.717) is 13.2 Å². The van der Waals surface area contributed by atoms with Crippen molar-refractivity contribution in [2.75, 3.05) is 46.2 Å². The normalized spacial score (nSPS) is 24.2. The van der Waals surface area contributed by atoms with E-state index in [-0.39, 0.29) is 19.3 Å². The van der Waals surface area contributed by atoms with Crippen molar-refractivity contribution in [2.45, 2.75) is 30.5 Å². The second-order valence-corrected chi connectivity index (χ2v) is 5.12. The summed E-state index contributed by atoms with van der Waals surface area (Å²) in [7, 11) is 0. The van der Waals surface area contributed by atoms with Crippen LogP contribution in [0.2, 0.25) is 0 Å². The average molecular weight is 370 g/mol. The third kappa shape index (κ3) is 6.69. The van der Waals surface area contributed by atoms with Gasteiger partial charge in [0.2, 0.25) is 0 Å². The topological polar surface area (TPSA) is 62.0 Å². The van der Waals surface area contributed by atoms with Crippen LogP contribution in [0.1, 0.15) is 0 Å². The van der Waals surface area contributed by atoms with Gasteiger partial charge in [-0.2, -0.15) is 26.3 Å². The Kier molecular flexibility index (Phi) is 6.31. The Morgan fingerprint density at radius 3 is 1.88 bits per heavy atom. The van der Waals surface area contributed by atoms with Gasteiger partial charge in [-0.25, -0.2) is 4.74 Å². The number of halogens is 6. The summed E-state index contributed by atoms with van der Waals surface area (Å²) in [6, 6.07) is 0. The van der Waals surface area contributed by atoms with Gasteiger partial charge < -0.3 is 23.7 Å². The summed E-state index contributed by atoms with van der Waals surface area (Å²) in [5, 5.41) is 0. The number of epoxide rings is 2. The lowest BCUT2D eigenvalue weighted by molar-refractivity contribution is -0.484. The van der Waals surface area contributed by atoms with E-state index in [1.807, 2.05) is 0 Å². The number of ether oxygens (including phenoxy) is 6. The van der Waals surface area contributed by atoms with E-state index in [9.17, 15) is 26.3 Å². The Labute approximate surface area is 132 Å². The second-order valence-electron chi connectivity index (χ2n) is 5.12. The molecule has 2 aliphatic heterocycles. The molecule has 0 aromatic carbocycles. The smallest absolute Gasteiger partial charge is 0.376 e. The van der Waals surface area contributed by atoms with Crippen LogP contribution in [-0.2, 0) is 28.4 Å². The molecule has 0 saturated carbocycles. The Morgan fingerprint density at radius 1 is 0.792 bits per heavy atom. The molecule has 0 bridgehead atoms. The molecule has 0 N–H and O–H groups in total. The van der Waals surface area contributed by atoms with Crippen molar-refractivity contribution in [2.24, 2.45) is 0 Å². The molecule has 2 aliphatic rings. The molecule has 0 aromatic rings. The third-order valence-electron chi connectivity index (χ3n) is 2.81. The molecular weight excluding hydrogens is 354 g/mol. The molecular formula is C12H16F6O6. The average Bonchev–Trinajstić information content (AvgIpc) is 3.31. The van der Waals surface area contributed by atoms with Gasteiger partial charge in [0, 0.05) is 0 Å². The first-order chi connectivity index (χ1) is 11.1. The first-order valence-electron chi connectivity index (χ1n) is 6.97. The van der Waals surface area contributed by atoms with Crippen molar-refractivity contribution < 1.29 is 54.8 Å². The summed E-state index contributed by atoms with van der Waals surface area (Å²) in [6.45, 7) is -2.42. The van der Waals surface area contributed by atoms with E-state index >= 15 is 0 Å². The highest BCUT2D eigenvalue weighted by Crippen LogP contribution is 2.40. The maximum atomic E-state index is 13.2. The summed E-state index contributed by atoms with van der Waals surface area (Å²) in [5.74, 6) is 0. The van der Waals surface area contributed by atoms with Crippen LogP contribution >= 0.6 is 0 Å². The minimum Gasteiger partial charge on any atom is -0.376 e. The Hall–Kier alpha value is -0.660. The molecule has 24 heavy (non-hydrogen) atoms. The highest BCUT2D eigenvalue weighted by molar-refractivity contribution is 4.71. The molecule has 0 spiro atoms. The van der Waals surface area contributed by atoms with Crippen LogP contribution in [0.4, 0.5) is 26.3 Å². The van der Waals surface area contributed by atoms with Gasteiger partial charge in [-0.1, -0.05) is 0 Å². The van der Waals surface area contributed by atoms with E-state index in [4.69, 9.17) is 9.47 Å². The molecule has 0 aliphatic carbocycles. The molecule has 2 unspecified atom stereocenters. The molecule has 2 saturated heterocycles. The second kappa shape index (κ2) is 7.70. The lowest BCUT2D eigenvalue weighted by Gasteiger charge is -2.28. The minimum atomic E-state index is -5.56. The predicted octanol–water partition coefficient (Wildman–Crippen LogP) is 1.63. The van der Waals surface area contributed by atoms with Crippen LogP contribution in [0.3, 0.4) is 0 Å². The lowest BCUT2D eigenvalue weighted by Crippen LogP contribution is -2.50. The Balaban J connectivity index is 1.69. The fourth-order valence-electron chi connectivity index (χ4n) is 1.44. The van der Waals surface area contributed by atoms with Gasteiger partial charge in [0.05, 0.1) is 39.6 Å². The number of rotatable bonds is 13. The molecule has 142 valence electrons. The van der Waals surface area contributed by atoms with Gasteiger partial charge in [-0.15, -0.1) is 0 Å². The summed E-state index contributed by atoms with van der Waals surface area (Å²) in [5.41, 5.74) is 0. The molecule has 12 heteroatoms. The largest absolute Gasteiger partial charge is 0.452 e. The highest BCUT2D eigenvalue weighted by Gasteiger charge is 2.64. The van der Waals surface area contributed by atoms with Gasteiger partial charge in [0.15, 0.2) is 0 Å². The summed E-state index contributed by atoms with van der Waals surface area (Å²) in [6.07, 6.45) is -16.0. The van der Waals surface area contributed by atoms with Crippen LogP contribution < -0.4 is 0 Å². The molecule has 2 rings (SSSR count). The lowest BCUT2D eigenvalue weighted by atomic mass is 10.5. The molecule has 6 nitrogen and oxygen atoms in total. The highest BCUT2D eigenvalue weighted by atomic mass is 19.3. The van der Waals surface area contributed by atoms with Gasteiger partial charge >= 0.3 is 18.3 Å². The molecule has 2 fully saturated rings. The van der Waals surface area contributed by atoms with E-state index in [1.54, 1.807) is 0 Å². The zero-order valence-electron chi connectivity index (χ0n) is 12.3. The number of hydrogen-bond donors (Lipinski definition) is 0. The quantitative estimate of drug-likeness (QED) is 0.279. The molecule has 2 heterocycles. The van der Waals surface area contributed by atoms with Crippen molar-refractivity contribution in [1.82, 2.24) is 0 Å². The maximum Gasteiger partial charge on any atom is 0.452 e. The van der Waals surface area contributed by atoms with Gasteiger partial charge in [-0.3, -0.25) is 0 Å². The van der Waals surface area contributed by atoms with Crippen molar-refractivity contribution >= 4 is 0 Å². The van der Waals surface area contributed by atoms with Gasteiger partial charge in [0.25, 0.3) is 0 Å². The first-order valence-corrected chi connectivity index (χ1v) is 6.97. The van der Waals surface area contributed by atoms with Crippen LogP contribution in [0, 0.1) is 0 Å².